The largest absolute Gasteiger partial charge is 1.00 e. The van der Waals surface area contributed by atoms with Gasteiger partial charge in [-0.15, -0.1) is 5.75 Å². The van der Waals surface area contributed by atoms with Crippen LogP contribution in [-0.4, -0.2) is 13.0 Å². The van der Waals surface area contributed by atoms with Gasteiger partial charge in [-0.25, -0.2) is 0 Å². The summed E-state index contributed by atoms with van der Waals surface area (Å²) in [6.45, 7) is 2.25. The molecule has 2 aromatic rings. The van der Waals surface area contributed by atoms with E-state index in [0.29, 0.717) is 11.5 Å². The third-order valence-electron chi connectivity index (χ3n) is 5.62. The molecule has 0 fully saturated rings. The molecular formula is C26H37KO5S. The fourth-order valence-electron chi connectivity index (χ4n) is 3.82. The number of aryl methyl sites for hydroxylation is 1. The summed E-state index contributed by atoms with van der Waals surface area (Å²) in [6.07, 6.45) is 16.4. The third-order valence-corrected chi connectivity index (χ3v) is 6.48. The van der Waals surface area contributed by atoms with Crippen molar-refractivity contribution < 1.29 is 74.2 Å². The van der Waals surface area contributed by atoms with Gasteiger partial charge in [-0.05, 0) is 54.8 Å². The van der Waals surface area contributed by atoms with Crippen molar-refractivity contribution in [2.75, 3.05) is 0 Å². The van der Waals surface area contributed by atoms with Crippen molar-refractivity contribution in [1.82, 2.24) is 0 Å². The number of unbranched alkanes of at least 4 members (excludes halogenated alkanes) is 11. The second-order valence-corrected chi connectivity index (χ2v) is 9.92. The summed E-state index contributed by atoms with van der Waals surface area (Å²) in [5.41, 5.74) is 0.953. The van der Waals surface area contributed by atoms with Crippen molar-refractivity contribution in [2.24, 2.45) is 0 Å². The molecule has 1 N–H and O–H groups in total. The Kier molecular flexibility index (Phi) is 15.9. The smallest absolute Gasteiger partial charge is 0.872 e. The normalized spacial score (nSPS) is 11.2. The second kappa shape index (κ2) is 17.1. The van der Waals surface area contributed by atoms with Gasteiger partial charge in [-0.3, -0.25) is 4.55 Å². The maximum Gasteiger partial charge on any atom is 1.00 e. The zero-order valence-electron chi connectivity index (χ0n) is 20.2. The van der Waals surface area contributed by atoms with Gasteiger partial charge in [0.05, 0.1) is 4.90 Å². The molecule has 0 saturated heterocycles. The molecule has 33 heavy (non-hydrogen) atoms. The van der Waals surface area contributed by atoms with Gasteiger partial charge in [-0.2, -0.15) is 8.42 Å². The average Bonchev–Trinajstić information content (AvgIpc) is 2.74. The molecule has 0 aromatic heterocycles. The summed E-state index contributed by atoms with van der Waals surface area (Å²) >= 11 is 0. The minimum atomic E-state index is -4.24. The maximum absolute atomic E-state index is 12.0. The summed E-state index contributed by atoms with van der Waals surface area (Å²) in [7, 11) is -4.24. The molecule has 0 unspecified atom stereocenters. The molecule has 2 aromatic carbocycles. The molecule has 0 bridgehead atoms. The van der Waals surface area contributed by atoms with Crippen molar-refractivity contribution in [3.63, 3.8) is 0 Å². The van der Waals surface area contributed by atoms with Crippen LogP contribution in [0.2, 0.25) is 0 Å². The van der Waals surface area contributed by atoms with Crippen molar-refractivity contribution >= 4 is 10.1 Å². The second-order valence-electron chi connectivity index (χ2n) is 8.50. The Balaban J connectivity index is 0.00000544. The molecule has 0 aliphatic heterocycles. The fraction of sp³-hybridized carbons (Fsp3) is 0.538. The molecule has 0 saturated carbocycles. The summed E-state index contributed by atoms with van der Waals surface area (Å²) in [6, 6.07) is 10.3. The molecule has 0 radical (unpaired) electrons. The van der Waals surface area contributed by atoms with Gasteiger partial charge < -0.3 is 9.84 Å². The molecule has 7 heteroatoms. The van der Waals surface area contributed by atoms with Crippen molar-refractivity contribution in [3.05, 3.63) is 48.0 Å². The Morgan fingerprint density at radius 3 is 1.79 bits per heavy atom. The first-order valence-corrected chi connectivity index (χ1v) is 13.4. The number of hydrogen-bond acceptors (Lipinski definition) is 4. The third kappa shape index (κ3) is 13.3. The number of ether oxygens (including phenoxy) is 1. The van der Waals surface area contributed by atoms with Crippen LogP contribution in [0.1, 0.15) is 89.5 Å². The van der Waals surface area contributed by atoms with E-state index >= 15 is 0 Å². The van der Waals surface area contributed by atoms with Gasteiger partial charge in [0, 0.05) is 0 Å². The molecule has 0 atom stereocenters. The molecule has 0 amide bonds. The van der Waals surface area contributed by atoms with E-state index in [2.05, 4.69) is 6.92 Å². The summed E-state index contributed by atoms with van der Waals surface area (Å²) in [4.78, 5) is -0.199. The van der Waals surface area contributed by atoms with Gasteiger partial charge >= 0.3 is 51.4 Å². The fourth-order valence-corrected chi connectivity index (χ4v) is 4.30. The maximum atomic E-state index is 12.0. The minimum absolute atomic E-state index is 0. The number of hydrogen-bond donors (Lipinski definition) is 1. The van der Waals surface area contributed by atoms with Crippen LogP contribution in [0.5, 0.6) is 17.2 Å². The Labute approximate surface area is 242 Å². The monoisotopic (exact) mass is 500 g/mol. The first kappa shape index (κ1) is 30.6. The summed E-state index contributed by atoms with van der Waals surface area (Å²) in [5.74, 6) is 0.733. The van der Waals surface area contributed by atoms with Gasteiger partial charge in [0.2, 0.25) is 0 Å². The first-order valence-electron chi connectivity index (χ1n) is 11.9. The SMILES string of the molecule is CCCCCCCCCCCCCCc1cc([O-])cc(Oc2ccc(S(=O)(=O)O)cc2)c1.[K+]. The van der Waals surface area contributed by atoms with Gasteiger partial charge in [0.15, 0.2) is 0 Å². The van der Waals surface area contributed by atoms with Gasteiger partial charge in [-0.1, -0.05) is 83.6 Å². The predicted molar refractivity (Wildman–Crippen MR) is 127 cm³/mol. The van der Waals surface area contributed by atoms with Crippen molar-refractivity contribution in [2.45, 2.75) is 95.3 Å². The van der Waals surface area contributed by atoms with E-state index in [4.69, 9.17) is 9.29 Å². The van der Waals surface area contributed by atoms with Crippen LogP contribution in [0, 0.1) is 0 Å². The summed E-state index contributed by atoms with van der Waals surface area (Å²) < 4.78 is 37.0. The Morgan fingerprint density at radius 2 is 1.27 bits per heavy atom. The Hall–Kier alpha value is -0.414. The zero-order valence-corrected chi connectivity index (χ0v) is 24.2. The van der Waals surface area contributed by atoms with E-state index in [1.807, 2.05) is 6.07 Å². The van der Waals surface area contributed by atoms with Crippen molar-refractivity contribution in [3.8, 4) is 17.2 Å². The van der Waals surface area contributed by atoms with E-state index in [1.54, 1.807) is 6.07 Å². The molecule has 0 aliphatic carbocycles. The van der Waals surface area contributed by atoms with E-state index in [0.717, 1.165) is 24.8 Å². The Bertz CT molecular complexity index is 897. The molecule has 178 valence electrons. The van der Waals surface area contributed by atoms with Gasteiger partial charge in [0.25, 0.3) is 10.1 Å². The quantitative estimate of drug-likeness (QED) is 0.213. The average molecular weight is 501 g/mol. The Morgan fingerprint density at radius 1 is 0.758 bits per heavy atom. The van der Waals surface area contributed by atoms with Crippen LogP contribution in [0.3, 0.4) is 0 Å². The molecule has 0 heterocycles. The minimum Gasteiger partial charge on any atom is -0.872 e. The van der Waals surface area contributed by atoms with E-state index in [9.17, 15) is 13.5 Å². The number of benzene rings is 2. The predicted octanol–water partition coefficient (Wildman–Crippen LogP) is 4.05. The number of rotatable bonds is 16. The molecule has 2 rings (SSSR count). The molecule has 5 nitrogen and oxygen atoms in total. The molecule has 0 spiro atoms. The van der Waals surface area contributed by atoms with Crippen LogP contribution in [-0.2, 0) is 16.5 Å². The van der Waals surface area contributed by atoms with Crippen molar-refractivity contribution in [1.29, 1.82) is 0 Å². The first-order chi connectivity index (χ1) is 15.4. The van der Waals surface area contributed by atoms with Crippen LogP contribution < -0.4 is 61.2 Å². The summed E-state index contributed by atoms with van der Waals surface area (Å²) in [5, 5.41) is 12.0. The van der Waals surface area contributed by atoms with Crippen LogP contribution in [0.25, 0.3) is 0 Å². The van der Waals surface area contributed by atoms with Crippen LogP contribution in [0.4, 0.5) is 0 Å². The molecule has 0 aliphatic rings. The van der Waals surface area contributed by atoms with E-state index < -0.39 is 10.1 Å². The van der Waals surface area contributed by atoms with Gasteiger partial charge in [0.1, 0.15) is 11.5 Å². The van der Waals surface area contributed by atoms with E-state index in [-0.39, 0.29) is 62.0 Å². The van der Waals surface area contributed by atoms with Crippen LogP contribution in [0.15, 0.2) is 47.4 Å². The molecular weight excluding hydrogens is 463 g/mol. The zero-order chi connectivity index (χ0) is 23.2. The standard InChI is InChI=1S/C26H38O5S.K/c1-2-3-4-5-6-7-8-9-10-11-12-13-14-22-19-23(27)21-25(20-22)31-24-15-17-26(18-16-24)32(28,29)30;/h15-21,27H,2-14H2,1H3,(H,28,29,30);/q;+1/p-1. The van der Waals surface area contributed by atoms with E-state index in [1.165, 1.54) is 94.5 Å². The topological polar surface area (TPSA) is 86.7 Å². The van der Waals surface area contributed by atoms with Crippen LogP contribution >= 0.6 is 0 Å².